The van der Waals surface area contributed by atoms with Crippen molar-refractivity contribution in [3.63, 3.8) is 0 Å². The fourth-order valence-corrected chi connectivity index (χ4v) is 2.03. The molecule has 0 aliphatic heterocycles. The second kappa shape index (κ2) is 4.55. The van der Waals surface area contributed by atoms with Crippen molar-refractivity contribution >= 4 is 0 Å². The van der Waals surface area contributed by atoms with E-state index in [1.54, 1.807) is 7.11 Å². The van der Waals surface area contributed by atoms with Crippen molar-refractivity contribution < 1.29 is 4.74 Å². The highest BCUT2D eigenvalue weighted by atomic mass is 16.5. The van der Waals surface area contributed by atoms with Gasteiger partial charge in [0.15, 0.2) is 0 Å². The maximum atomic E-state index is 5.58. The van der Waals surface area contributed by atoms with Gasteiger partial charge in [-0.05, 0) is 19.3 Å². The van der Waals surface area contributed by atoms with E-state index in [9.17, 15) is 0 Å². The Morgan fingerprint density at radius 3 is 2.81 bits per heavy atom. The lowest BCUT2D eigenvalue weighted by molar-refractivity contribution is -0.0841. The summed E-state index contributed by atoms with van der Waals surface area (Å²) >= 11 is 0. The summed E-state index contributed by atoms with van der Waals surface area (Å²) in [5, 5.41) is 3.37. The lowest BCUT2D eigenvalue weighted by atomic mass is 9.79. The number of hydrogen-bond acceptors (Lipinski definition) is 3. The molecule has 2 N–H and O–H groups in total. The van der Waals surface area contributed by atoms with Gasteiger partial charge in [0.25, 0.3) is 0 Å². The number of methoxy groups -OCH3 is 1. The lowest BCUT2D eigenvalue weighted by Crippen LogP contribution is -2.37. The minimum atomic E-state index is -0.129. The Hall–Kier alpha value is -0.870. The zero-order valence-electron chi connectivity index (χ0n) is 10.3. The molecule has 1 aliphatic carbocycles. The molecule has 0 bridgehead atoms. The topological polar surface area (TPSA) is 49.9 Å². The Kier molecular flexibility index (Phi) is 3.30. The molecule has 0 saturated heterocycles. The van der Waals surface area contributed by atoms with Crippen molar-refractivity contribution in [2.24, 2.45) is 0 Å². The third-order valence-corrected chi connectivity index (χ3v) is 3.31. The van der Waals surface area contributed by atoms with Gasteiger partial charge in [-0.25, -0.2) is 4.98 Å². The fraction of sp³-hybridized carbons (Fsp3) is 0.750. The van der Waals surface area contributed by atoms with Crippen LogP contribution in [0.1, 0.15) is 44.6 Å². The molecule has 0 spiro atoms. The first kappa shape index (κ1) is 11.6. The predicted octanol–water partition coefficient (Wildman–Crippen LogP) is 1.93. The maximum Gasteiger partial charge on any atom is 0.138 e. The molecule has 90 valence electrons. The van der Waals surface area contributed by atoms with Gasteiger partial charge >= 0.3 is 0 Å². The van der Waals surface area contributed by atoms with E-state index >= 15 is 0 Å². The van der Waals surface area contributed by atoms with Crippen molar-refractivity contribution in [2.75, 3.05) is 7.11 Å². The van der Waals surface area contributed by atoms with Gasteiger partial charge in [0.05, 0.1) is 0 Å². The Labute approximate surface area is 96.8 Å². The third kappa shape index (κ3) is 2.13. The quantitative estimate of drug-likeness (QED) is 0.802. The zero-order chi connectivity index (χ0) is 11.6. The monoisotopic (exact) mass is 223 g/mol. The Balaban J connectivity index is 2.01. The van der Waals surface area contributed by atoms with E-state index in [1.807, 2.05) is 6.20 Å². The van der Waals surface area contributed by atoms with E-state index in [-0.39, 0.29) is 5.60 Å². The molecule has 0 aromatic carbocycles. The van der Waals surface area contributed by atoms with Crippen LogP contribution in [-0.2, 0) is 16.9 Å². The molecule has 1 heterocycles. The zero-order valence-corrected chi connectivity index (χ0v) is 10.3. The number of ether oxygens (including phenoxy) is 1. The molecule has 2 rings (SSSR count). The molecule has 0 amide bonds. The fourth-order valence-electron chi connectivity index (χ4n) is 2.03. The number of nitrogens with zero attached hydrogens (tertiary/aromatic N) is 1. The average Bonchev–Trinajstić information content (AvgIpc) is 2.63. The molecule has 1 fully saturated rings. The molecular weight excluding hydrogens is 202 g/mol. The molecule has 16 heavy (non-hydrogen) atoms. The van der Waals surface area contributed by atoms with E-state index in [0.717, 1.165) is 30.9 Å². The number of imidazole rings is 1. The van der Waals surface area contributed by atoms with Gasteiger partial charge in [0, 0.05) is 31.6 Å². The number of H-pyrrole nitrogens is 1. The van der Waals surface area contributed by atoms with Gasteiger partial charge in [-0.3, -0.25) is 0 Å². The van der Waals surface area contributed by atoms with Crippen LogP contribution < -0.4 is 5.32 Å². The SMILES string of the molecule is COC1(c2ncc(CNC(C)C)[nH]2)CCC1. The molecular formula is C12H21N3O. The van der Waals surface area contributed by atoms with Crippen LogP contribution in [0.25, 0.3) is 0 Å². The highest BCUT2D eigenvalue weighted by molar-refractivity contribution is 5.12. The first-order chi connectivity index (χ1) is 7.66. The maximum absolute atomic E-state index is 5.58. The molecule has 1 aromatic heterocycles. The van der Waals surface area contributed by atoms with E-state index < -0.39 is 0 Å². The first-order valence-corrected chi connectivity index (χ1v) is 5.99. The van der Waals surface area contributed by atoms with Crippen molar-refractivity contribution in [1.82, 2.24) is 15.3 Å². The molecule has 1 aliphatic rings. The summed E-state index contributed by atoms with van der Waals surface area (Å²) in [7, 11) is 1.77. The van der Waals surface area contributed by atoms with Crippen molar-refractivity contribution in [1.29, 1.82) is 0 Å². The molecule has 4 heteroatoms. The smallest absolute Gasteiger partial charge is 0.138 e. The van der Waals surface area contributed by atoms with Crippen LogP contribution in [0.15, 0.2) is 6.20 Å². The van der Waals surface area contributed by atoms with Gasteiger partial charge in [-0.15, -0.1) is 0 Å². The summed E-state index contributed by atoms with van der Waals surface area (Å²) in [5.74, 6) is 0.988. The summed E-state index contributed by atoms with van der Waals surface area (Å²) in [5.41, 5.74) is 1.00. The second-order valence-electron chi connectivity index (χ2n) is 4.84. The van der Waals surface area contributed by atoms with E-state index in [0.29, 0.717) is 6.04 Å². The molecule has 0 atom stereocenters. The summed E-state index contributed by atoms with van der Waals surface area (Å²) in [4.78, 5) is 7.80. The molecule has 1 saturated carbocycles. The normalized spacial score (nSPS) is 18.8. The minimum absolute atomic E-state index is 0.129. The number of nitrogens with one attached hydrogen (secondary N) is 2. The third-order valence-electron chi connectivity index (χ3n) is 3.31. The van der Waals surface area contributed by atoms with Crippen LogP contribution in [0.2, 0.25) is 0 Å². The lowest BCUT2D eigenvalue weighted by Gasteiger charge is -2.38. The number of aromatic nitrogens is 2. The standard InChI is InChI=1S/C12H21N3O/c1-9(2)13-7-10-8-14-11(15-10)12(16-3)5-4-6-12/h8-9,13H,4-7H2,1-3H3,(H,14,15). The molecule has 0 radical (unpaired) electrons. The van der Waals surface area contributed by atoms with Crippen molar-refractivity contribution in [3.05, 3.63) is 17.7 Å². The van der Waals surface area contributed by atoms with Gasteiger partial charge in [0.1, 0.15) is 11.4 Å². The van der Waals surface area contributed by atoms with Crippen LogP contribution in [0.4, 0.5) is 0 Å². The Morgan fingerprint density at radius 2 is 2.31 bits per heavy atom. The Morgan fingerprint density at radius 1 is 1.56 bits per heavy atom. The van der Waals surface area contributed by atoms with Crippen LogP contribution in [0.5, 0.6) is 0 Å². The van der Waals surface area contributed by atoms with Gasteiger partial charge in [-0.2, -0.15) is 0 Å². The van der Waals surface area contributed by atoms with Gasteiger partial charge < -0.3 is 15.0 Å². The largest absolute Gasteiger partial charge is 0.370 e. The molecule has 0 unspecified atom stereocenters. The number of hydrogen-bond donors (Lipinski definition) is 2. The van der Waals surface area contributed by atoms with Crippen molar-refractivity contribution in [3.8, 4) is 0 Å². The minimum Gasteiger partial charge on any atom is -0.370 e. The molecule has 4 nitrogen and oxygen atoms in total. The summed E-state index contributed by atoms with van der Waals surface area (Å²) in [6.45, 7) is 5.12. The van der Waals surface area contributed by atoms with Crippen LogP contribution in [0.3, 0.4) is 0 Å². The van der Waals surface area contributed by atoms with E-state index in [2.05, 4.69) is 29.1 Å². The first-order valence-electron chi connectivity index (χ1n) is 5.99. The van der Waals surface area contributed by atoms with Gasteiger partial charge in [-0.1, -0.05) is 13.8 Å². The van der Waals surface area contributed by atoms with E-state index in [1.165, 1.54) is 6.42 Å². The predicted molar refractivity (Wildman–Crippen MR) is 63.1 cm³/mol. The second-order valence-corrected chi connectivity index (χ2v) is 4.84. The van der Waals surface area contributed by atoms with Crippen LogP contribution in [-0.4, -0.2) is 23.1 Å². The van der Waals surface area contributed by atoms with Crippen LogP contribution in [0, 0.1) is 0 Å². The Bertz CT molecular complexity index is 336. The highest BCUT2D eigenvalue weighted by Gasteiger charge is 2.41. The average molecular weight is 223 g/mol. The van der Waals surface area contributed by atoms with Gasteiger partial charge in [0.2, 0.25) is 0 Å². The summed E-state index contributed by atoms with van der Waals surface area (Å²) in [6, 6.07) is 0.492. The summed E-state index contributed by atoms with van der Waals surface area (Å²) < 4.78 is 5.58. The summed E-state index contributed by atoms with van der Waals surface area (Å²) in [6.07, 6.45) is 5.29. The molecule has 1 aromatic rings. The van der Waals surface area contributed by atoms with E-state index in [4.69, 9.17) is 4.74 Å². The highest BCUT2D eigenvalue weighted by Crippen LogP contribution is 2.42. The van der Waals surface area contributed by atoms with Crippen LogP contribution >= 0.6 is 0 Å². The number of rotatable bonds is 5. The number of aromatic amines is 1. The van der Waals surface area contributed by atoms with Crippen molar-refractivity contribution in [2.45, 2.75) is 51.3 Å².